The minimum absolute atomic E-state index is 0.0236. The van der Waals surface area contributed by atoms with Gasteiger partial charge in [-0.1, -0.05) is 6.07 Å². The molecular weight excluding hydrogens is 514 g/mol. The van der Waals surface area contributed by atoms with Gasteiger partial charge >= 0.3 is 0 Å². The second-order valence-electron chi connectivity index (χ2n) is 11.4. The Balaban J connectivity index is 1.57. The first-order valence-electron chi connectivity index (χ1n) is 13.9. The molecule has 2 N–H and O–H groups in total. The van der Waals surface area contributed by atoms with Gasteiger partial charge in [-0.15, -0.1) is 0 Å². The summed E-state index contributed by atoms with van der Waals surface area (Å²) in [6, 6.07) is 2.31. The van der Waals surface area contributed by atoms with E-state index >= 15 is 0 Å². The third-order valence-electron chi connectivity index (χ3n) is 9.35. The Morgan fingerprint density at radius 1 is 1.12 bits per heavy atom. The van der Waals surface area contributed by atoms with Crippen molar-refractivity contribution in [2.45, 2.75) is 70.7 Å². The van der Waals surface area contributed by atoms with Crippen molar-refractivity contribution in [2.75, 3.05) is 41.4 Å². The predicted octanol–water partition coefficient (Wildman–Crippen LogP) is 3.13. The topological polar surface area (TPSA) is 102 Å². The van der Waals surface area contributed by atoms with E-state index in [1.54, 1.807) is 14.2 Å². The Morgan fingerprint density at radius 3 is 2.58 bits per heavy atom. The van der Waals surface area contributed by atoms with Crippen molar-refractivity contribution in [3.05, 3.63) is 39.4 Å². The van der Waals surface area contributed by atoms with Crippen molar-refractivity contribution in [3.63, 3.8) is 0 Å². The van der Waals surface area contributed by atoms with Crippen LogP contribution in [0.5, 0.6) is 28.7 Å². The van der Waals surface area contributed by atoms with Gasteiger partial charge in [0.1, 0.15) is 5.75 Å². The van der Waals surface area contributed by atoms with Crippen LogP contribution in [0, 0.1) is 13.8 Å². The number of carbonyl (C=O) groups excluding carboxylic acids is 1. The van der Waals surface area contributed by atoms with Crippen LogP contribution in [0.2, 0.25) is 0 Å². The van der Waals surface area contributed by atoms with Gasteiger partial charge in [-0.3, -0.25) is 14.6 Å². The second-order valence-corrected chi connectivity index (χ2v) is 11.4. The Labute approximate surface area is 235 Å². The number of nitrogens with one attached hydrogen (secondary N) is 1. The molecule has 0 spiro atoms. The maximum absolute atomic E-state index is 12.2. The molecule has 6 rings (SSSR count). The summed E-state index contributed by atoms with van der Waals surface area (Å²) in [6.45, 7) is 8.32. The summed E-state index contributed by atoms with van der Waals surface area (Å²) in [7, 11) is 5.46. The molecule has 10 heteroatoms. The van der Waals surface area contributed by atoms with Crippen LogP contribution in [0.3, 0.4) is 0 Å². The number of amides is 1. The van der Waals surface area contributed by atoms with E-state index in [9.17, 15) is 9.90 Å². The normalized spacial score (nSPS) is 26.5. The average Bonchev–Trinajstić information content (AvgIpc) is 3.41. The fourth-order valence-corrected chi connectivity index (χ4v) is 7.73. The quantitative estimate of drug-likeness (QED) is 0.523. The lowest BCUT2D eigenvalue weighted by molar-refractivity contribution is -0.120. The van der Waals surface area contributed by atoms with Gasteiger partial charge in [0.2, 0.25) is 12.7 Å². The number of rotatable bonds is 6. The lowest BCUT2D eigenvalue weighted by Crippen LogP contribution is -2.68. The summed E-state index contributed by atoms with van der Waals surface area (Å²) in [5, 5.41) is 14.6. The zero-order chi connectivity index (χ0) is 28.5. The molecule has 4 unspecified atom stereocenters. The average molecular weight is 554 g/mol. The highest BCUT2D eigenvalue weighted by Crippen LogP contribution is 2.58. The van der Waals surface area contributed by atoms with Crippen molar-refractivity contribution >= 4 is 5.91 Å². The molecule has 0 radical (unpaired) electrons. The van der Waals surface area contributed by atoms with Crippen LogP contribution in [-0.2, 0) is 22.4 Å². The number of aryl methyl sites for hydroxylation is 1. The van der Waals surface area contributed by atoms with Crippen LogP contribution in [0.15, 0.2) is 6.07 Å². The van der Waals surface area contributed by atoms with E-state index in [1.165, 1.54) is 12.5 Å². The maximum atomic E-state index is 12.2. The summed E-state index contributed by atoms with van der Waals surface area (Å²) >= 11 is 0. The number of piperazine rings is 1. The zero-order valence-electron chi connectivity index (χ0n) is 24.3. The number of phenolic OH excluding ortho intramolecular Hbond substituents is 1. The molecule has 0 aliphatic carbocycles. The molecule has 4 aliphatic heterocycles. The monoisotopic (exact) mass is 553 g/mol. The summed E-state index contributed by atoms with van der Waals surface area (Å²) in [5.74, 6) is 2.82. The molecule has 5 atom stereocenters. The standard InChI is InChI=1S/C30H39N3O7/c1-14-8-18-9-20-16(3)33-21(25(32(20)5)23(18)29(27(14)37-7)38-12-36-6)10-19-24(22(33)11-31-17(4)34)30-28(39-13-40-30)15(2)26(19)35/h8,16,20-22,25,35H,9-13H2,1-7H3,(H,31,34)/t16-,20?,21?,22?,25?/m0/s1. The van der Waals surface area contributed by atoms with Crippen molar-refractivity contribution < 1.29 is 33.6 Å². The molecule has 2 aromatic carbocycles. The van der Waals surface area contributed by atoms with Gasteiger partial charge in [-0.2, -0.15) is 0 Å². The molecule has 0 aromatic heterocycles. The Hall–Kier alpha value is -3.21. The molecule has 1 fully saturated rings. The predicted molar refractivity (Wildman–Crippen MR) is 147 cm³/mol. The second kappa shape index (κ2) is 10.0. The van der Waals surface area contributed by atoms with Crippen LogP contribution in [0.4, 0.5) is 0 Å². The van der Waals surface area contributed by atoms with E-state index in [-0.39, 0.29) is 55.5 Å². The fourth-order valence-electron chi connectivity index (χ4n) is 7.73. The van der Waals surface area contributed by atoms with Crippen LogP contribution < -0.4 is 24.3 Å². The number of phenols is 1. The van der Waals surface area contributed by atoms with E-state index in [1.807, 2.05) is 13.8 Å². The minimum Gasteiger partial charge on any atom is -0.507 e. The first kappa shape index (κ1) is 27.0. The Morgan fingerprint density at radius 2 is 1.88 bits per heavy atom. The zero-order valence-corrected chi connectivity index (χ0v) is 24.3. The Bertz CT molecular complexity index is 1360. The first-order valence-corrected chi connectivity index (χ1v) is 13.9. The lowest BCUT2D eigenvalue weighted by Gasteiger charge is -2.61. The number of hydrogen-bond donors (Lipinski definition) is 2. The number of aromatic hydroxyl groups is 1. The number of hydrogen-bond acceptors (Lipinski definition) is 9. The Kier molecular flexibility index (Phi) is 6.75. The summed E-state index contributed by atoms with van der Waals surface area (Å²) in [4.78, 5) is 17.2. The van der Waals surface area contributed by atoms with Crippen LogP contribution in [-0.4, -0.2) is 80.3 Å². The number of ether oxygens (including phenoxy) is 5. The molecule has 216 valence electrons. The van der Waals surface area contributed by atoms with E-state index in [4.69, 9.17) is 23.7 Å². The fraction of sp³-hybridized carbons (Fsp3) is 0.567. The summed E-state index contributed by atoms with van der Waals surface area (Å²) in [6.07, 6.45) is 1.44. The largest absolute Gasteiger partial charge is 0.507 e. The van der Waals surface area contributed by atoms with Gasteiger partial charge in [-0.25, -0.2) is 0 Å². The molecule has 4 heterocycles. The van der Waals surface area contributed by atoms with Crippen molar-refractivity contribution in [3.8, 4) is 28.7 Å². The number of nitrogens with zero attached hydrogens (tertiary/aromatic N) is 2. The molecule has 40 heavy (non-hydrogen) atoms. The first-order chi connectivity index (χ1) is 19.2. The minimum atomic E-state index is -0.217. The highest BCUT2D eigenvalue weighted by atomic mass is 16.7. The van der Waals surface area contributed by atoms with Gasteiger partial charge in [0.15, 0.2) is 29.8 Å². The number of likely N-dealkylation sites (N-methyl/N-ethyl adjacent to an activating group) is 1. The third-order valence-corrected chi connectivity index (χ3v) is 9.35. The van der Waals surface area contributed by atoms with Crippen molar-refractivity contribution in [2.24, 2.45) is 0 Å². The van der Waals surface area contributed by atoms with Gasteiger partial charge < -0.3 is 34.1 Å². The maximum Gasteiger partial charge on any atom is 0.231 e. The lowest BCUT2D eigenvalue weighted by atomic mass is 9.71. The van der Waals surface area contributed by atoms with E-state index in [2.05, 4.69) is 35.2 Å². The van der Waals surface area contributed by atoms with Crippen molar-refractivity contribution in [1.29, 1.82) is 0 Å². The molecule has 1 amide bonds. The van der Waals surface area contributed by atoms with E-state index < -0.39 is 0 Å². The molecule has 4 aliphatic rings. The number of methoxy groups -OCH3 is 2. The highest BCUT2D eigenvalue weighted by molar-refractivity contribution is 5.73. The van der Waals surface area contributed by atoms with Crippen LogP contribution >= 0.6 is 0 Å². The smallest absolute Gasteiger partial charge is 0.231 e. The molecule has 1 saturated heterocycles. The van der Waals surface area contributed by atoms with Gasteiger partial charge in [0, 0.05) is 61.0 Å². The number of carbonyl (C=O) groups is 1. The van der Waals surface area contributed by atoms with Gasteiger partial charge in [0.25, 0.3) is 0 Å². The van der Waals surface area contributed by atoms with E-state index in [0.717, 1.165) is 28.7 Å². The third kappa shape index (κ3) is 3.83. The van der Waals surface area contributed by atoms with E-state index in [0.29, 0.717) is 41.5 Å². The number of benzene rings is 2. The highest BCUT2D eigenvalue weighted by Gasteiger charge is 2.55. The van der Waals surface area contributed by atoms with Crippen LogP contribution in [0.1, 0.15) is 59.3 Å². The summed E-state index contributed by atoms with van der Waals surface area (Å²) < 4.78 is 29.3. The van der Waals surface area contributed by atoms with Crippen LogP contribution in [0.25, 0.3) is 0 Å². The molecule has 10 nitrogen and oxygen atoms in total. The van der Waals surface area contributed by atoms with Crippen molar-refractivity contribution in [1.82, 2.24) is 15.1 Å². The molecule has 0 saturated carbocycles. The van der Waals surface area contributed by atoms with Gasteiger partial charge in [-0.05, 0) is 51.8 Å². The van der Waals surface area contributed by atoms with Gasteiger partial charge in [0.05, 0.1) is 19.2 Å². The molecule has 2 bridgehead atoms. The molecular formula is C30H39N3O7. The SMILES string of the molecule is COCOc1c(OC)c(C)cc2c1C1C3Cc4c(O)c(C)c5c(c4C(CNC(C)=O)N3[C@@H](C)C(C2)N1C)OCO5. The summed E-state index contributed by atoms with van der Waals surface area (Å²) in [5.41, 5.74) is 5.81. The number of fused-ring (bicyclic) bond motifs is 9. The molecule has 2 aromatic rings.